The van der Waals surface area contributed by atoms with Gasteiger partial charge in [-0.15, -0.1) is 0 Å². The zero-order valence-electron chi connectivity index (χ0n) is 10.4. The molecule has 102 valence electrons. The third-order valence-electron chi connectivity index (χ3n) is 1.94. The molecule has 0 amide bonds. The molecule has 2 N–H and O–H groups in total. The summed E-state index contributed by atoms with van der Waals surface area (Å²) >= 11 is 5.78. The maximum absolute atomic E-state index is 8.95. The highest BCUT2D eigenvalue weighted by Gasteiger charge is 2.13. The van der Waals surface area contributed by atoms with Crippen molar-refractivity contribution in [3.63, 3.8) is 0 Å². The zero-order chi connectivity index (χ0) is 13.5. The van der Waals surface area contributed by atoms with E-state index in [1.54, 1.807) is 4.90 Å². The maximum Gasteiger partial charge on any atom is 0.322 e. The normalized spacial score (nSPS) is 10.8. The zero-order valence-corrected chi connectivity index (χ0v) is 11.1. The average Bonchev–Trinajstić information content (AvgIpc) is 2.27. The molecule has 0 bridgehead atoms. The van der Waals surface area contributed by atoms with Crippen LogP contribution in [0.2, 0.25) is 5.28 Å². The number of halogens is 1. The van der Waals surface area contributed by atoms with Crippen LogP contribution in [0.4, 0.5) is 5.95 Å². The SMILES string of the molecule is CC(C)Oc1nc(Cl)nc(N(CCO)CCO)n1. The molecule has 7 nitrogen and oxygen atoms in total. The Morgan fingerprint density at radius 3 is 2.28 bits per heavy atom. The molecule has 0 spiro atoms. The number of anilines is 1. The Balaban J connectivity index is 2.94. The number of aliphatic hydroxyl groups excluding tert-OH is 2. The summed E-state index contributed by atoms with van der Waals surface area (Å²) in [6.07, 6.45) is -0.0829. The second-order valence-electron chi connectivity index (χ2n) is 3.79. The lowest BCUT2D eigenvalue weighted by molar-refractivity contribution is 0.221. The summed E-state index contributed by atoms with van der Waals surface area (Å²) in [4.78, 5) is 13.5. The Labute approximate surface area is 110 Å². The Kier molecular flexibility index (Phi) is 6.03. The van der Waals surface area contributed by atoms with Gasteiger partial charge in [-0.1, -0.05) is 0 Å². The first kappa shape index (κ1) is 14.9. The molecule has 1 rings (SSSR count). The number of ether oxygens (including phenoxy) is 1. The molecule has 0 aliphatic rings. The van der Waals surface area contributed by atoms with E-state index in [-0.39, 0.29) is 36.6 Å². The highest BCUT2D eigenvalue weighted by atomic mass is 35.5. The van der Waals surface area contributed by atoms with Gasteiger partial charge in [0.15, 0.2) is 0 Å². The first-order valence-electron chi connectivity index (χ1n) is 5.61. The minimum Gasteiger partial charge on any atom is -0.461 e. The summed E-state index contributed by atoms with van der Waals surface area (Å²) in [7, 11) is 0. The van der Waals surface area contributed by atoms with Gasteiger partial charge in [0, 0.05) is 13.1 Å². The van der Waals surface area contributed by atoms with Gasteiger partial charge in [0.2, 0.25) is 11.2 Å². The quantitative estimate of drug-likeness (QED) is 0.730. The molecule has 1 aromatic heterocycles. The van der Waals surface area contributed by atoms with Gasteiger partial charge in [-0.3, -0.25) is 0 Å². The average molecular weight is 277 g/mol. The molecule has 0 aliphatic heterocycles. The van der Waals surface area contributed by atoms with Crippen molar-refractivity contribution in [2.45, 2.75) is 20.0 Å². The minimum absolute atomic E-state index is 0.0107. The molecule has 0 fully saturated rings. The Morgan fingerprint density at radius 2 is 1.78 bits per heavy atom. The highest BCUT2D eigenvalue weighted by molar-refractivity contribution is 6.28. The molecule has 1 heterocycles. The molecule has 0 aromatic carbocycles. The van der Waals surface area contributed by atoms with E-state index in [9.17, 15) is 0 Å². The van der Waals surface area contributed by atoms with E-state index >= 15 is 0 Å². The molecule has 18 heavy (non-hydrogen) atoms. The van der Waals surface area contributed by atoms with Crippen LogP contribution >= 0.6 is 11.6 Å². The van der Waals surface area contributed by atoms with Crippen molar-refractivity contribution in [3.05, 3.63) is 5.28 Å². The van der Waals surface area contributed by atoms with Gasteiger partial charge in [0.25, 0.3) is 0 Å². The van der Waals surface area contributed by atoms with Crippen LogP contribution in [0.25, 0.3) is 0 Å². The van der Waals surface area contributed by atoms with E-state index < -0.39 is 0 Å². The van der Waals surface area contributed by atoms with Crippen LogP contribution in [0.3, 0.4) is 0 Å². The summed E-state index contributed by atoms with van der Waals surface area (Å²) in [5, 5.41) is 17.9. The fourth-order valence-electron chi connectivity index (χ4n) is 1.28. The molecule has 0 atom stereocenters. The van der Waals surface area contributed by atoms with Crippen molar-refractivity contribution in [1.82, 2.24) is 15.0 Å². The fraction of sp³-hybridized carbons (Fsp3) is 0.700. The standard InChI is InChI=1S/C10H17ClN4O3/c1-7(2)18-10-13-8(11)12-9(14-10)15(3-5-16)4-6-17/h7,16-17H,3-6H2,1-2H3. The number of aromatic nitrogens is 3. The van der Waals surface area contributed by atoms with Crippen LogP contribution in [0.15, 0.2) is 0 Å². The minimum atomic E-state index is -0.0829. The predicted molar refractivity (Wildman–Crippen MR) is 67.0 cm³/mol. The van der Waals surface area contributed by atoms with Gasteiger partial charge in [-0.05, 0) is 25.4 Å². The number of hydrogen-bond donors (Lipinski definition) is 2. The molecular formula is C10H17ClN4O3. The van der Waals surface area contributed by atoms with Crippen molar-refractivity contribution in [2.75, 3.05) is 31.2 Å². The second kappa shape index (κ2) is 7.30. The molecule has 1 aromatic rings. The Bertz CT molecular complexity index is 372. The van der Waals surface area contributed by atoms with Crippen molar-refractivity contribution in [2.24, 2.45) is 0 Å². The van der Waals surface area contributed by atoms with E-state index in [0.717, 1.165) is 0 Å². The van der Waals surface area contributed by atoms with Gasteiger partial charge >= 0.3 is 6.01 Å². The highest BCUT2D eigenvalue weighted by Crippen LogP contribution is 2.15. The van der Waals surface area contributed by atoms with E-state index in [0.29, 0.717) is 13.1 Å². The van der Waals surface area contributed by atoms with Crippen molar-refractivity contribution in [3.8, 4) is 6.01 Å². The predicted octanol–water partition coefficient (Wildman–Crippen LogP) is 0.103. The van der Waals surface area contributed by atoms with Gasteiger partial charge in [0.05, 0.1) is 19.3 Å². The number of aliphatic hydroxyl groups is 2. The van der Waals surface area contributed by atoms with Gasteiger partial charge < -0.3 is 19.8 Å². The summed E-state index contributed by atoms with van der Waals surface area (Å²) in [6.45, 7) is 4.12. The molecule has 8 heteroatoms. The van der Waals surface area contributed by atoms with Crippen LogP contribution in [-0.2, 0) is 0 Å². The van der Waals surface area contributed by atoms with Crippen molar-refractivity contribution in [1.29, 1.82) is 0 Å². The van der Waals surface area contributed by atoms with Gasteiger partial charge in [0.1, 0.15) is 0 Å². The lowest BCUT2D eigenvalue weighted by Gasteiger charge is -2.20. The van der Waals surface area contributed by atoms with Crippen LogP contribution in [0.1, 0.15) is 13.8 Å². The first-order chi connectivity index (χ1) is 8.56. The summed E-state index contributed by atoms with van der Waals surface area (Å²) in [6, 6.07) is 0.126. The fourth-order valence-corrected chi connectivity index (χ4v) is 1.43. The first-order valence-corrected chi connectivity index (χ1v) is 5.99. The van der Waals surface area contributed by atoms with Gasteiger partial charge in [-0.25, -0.2) is 0 Å². The lowest BCUT2D eigenvalue weighted by atomic mass is 10.5. The van der Waals surface area contributed by atoms with Crippen molar-refractivity contribution < 1.29 is 14.9 Å². The van der Waals surface area contributed by atoms with Crippen LogP contribution in [0, 0.1) is 0 Å². The molecule has 0 radical (unpaired) electrons. The third-order valence-corrected chi connectivity index (χ3v) is 2.11. The summed E-state index contributed by atoms with van der Waals surface area (Å²) < 4.78 is 5.34. The molecule has 0 unspecified atom stereocenters. The summed E-state index contributed by atoms with van der Waals surface area (Å²) in [5.74, 6) is 0.272. The van der Waals surface area contributed by atoms with E-state index in [1.165, 1.54) is 0 Å². The second-order valence-corrected chi connectivity index (χ2v) is 4.13. The van der Waals surface area contributed by atoms with Crippen LogP contribution in [0.5, 0.6) is 6.01 Å². The molecular weight excluding hydrogens is 260 g/mol. The van der Waals surface area contributed by atoms with E-state index in [4.69, 9.17) is 26.6 Å². The van der Waals surface area contributed by atoms with Crippen LogP contribution in [-0.4, -0.2) is 57.6 Å². The largest absolute Gasteiger partial charge is 0.461 e. The lowest BCUT2D eigenvalue weighted by Crippen LogP contribution is -2.31. The van der Waals surface area contributed by atoms with Crippen molar-refractivity contribution >= 4 is 17.5 Å². The molecule has 0 saturated carbocycles. The Hall–Kier alpha value is -1.18. The maximum atomic E-state index is 8.95. The summed E-state index contributed by atoms with van der Waals surface area (Å²) in [5.41, 5.74) is 0. The number of hydrogen-bond acceptors (Lipinski definition) is 7. The molecule has 0 aliphatic carbocycles. The number of rotatable bonds is 7. The number of nitrogens with zero attached hydrogens (tertiary/aromatic N) is 4. The molecule has 0 saturated heterocycles. The Morgan fingerprint density at radius 1 is 1.17 bits per heavy atom. The van der Waals surface area contributed by atoms with E-state index in [1.807, 2.05) is 13.8 Å². The van der Waals surface area contributed by atoms with E-state index in [2.05, 4.69) is 15.0 Å². The smallest absolute Gasteiger partial charge is 0.322 e. The van der Waals surface area contributed by atoms with Crippen LogP contribution < -0.4 is 9.64 Å². The topological polar surface area (TPSA) is 91.6 Å². The third kappa shape index (κ3) is 4.59. The monoisotopic (exact) mass is 276 g/mol. The van der Waals surface area contributed by atoms with Gasteiger partial charge in [-0.2, -0.15) is 15.0 Å².